The van der Waals surface area contributed by atoms with E-state index in [1.165, 1.54) is 0 Å². The topological polar surface area (TPSA) is 103 Å². The lowest BCUT2D eigenvalue weighted by Gasteiger charge is -2.45. The SMILES string of the molecule is O=C(NC1CC1)c1ncc2c(n1)N(C(=O)Nc1ccccn1)C1CCCN2C1. The highest BCUT2D eigenvalue weighted by Gasteiger charge is 2.39. The van der Waals surface area contributed by atoms with Gasteiger partial charge in [0, 0.05) is 25.3 Å². The Morgan fingerprint density at radius 2 is 2.04 bits per heavy atom. The lowest BCUT2D eigenvalue weighted by atomic mass is 10.0. The first-order valence-electron chi connectivity index (χ1n) is 9.63. The third kappa shape index (κ3) is 3.12. The molecule has 2 bridgehead atoms. The molecule has 3 aliphatic rings. The number of rotatable bonds is 3. The number of carbonyl (C=O) groups excluding carboxylic acids is 2. The molecule has 1 saturated carbocycles. The minimum atomic E-state index is -0.293. The van der Waals surface area contributed by atoms with E-state index >= 15 is 0 Å². The van der Waals surface area contributed by atoms with E-state index < -0.39 is 0 Å². The van der Waals surface area contributed by atoms with E-state index in [0.717, 1.165) is 44.5 Å². The quantitative estimate of drug-likeness (QED) is 0.843. The van der Waals surface area contributed by atoms with Crippen molar-refractivity contribution < 1.29 is 9.59 Å². The number of nitrogens with zero attached hydrogens (tertiary/aromatic N) is 5. The molecular formula is C19H21N7O2. The second-order valence-electron chi connectivity index (χ2n) is 7.41. The zero-order chi connectivity index (χ0) is 19.1. The highest BCUT2D eigenvalue weighted by molar-refractivity contribution is 6.04. The summed E-state index contributed by atoms with van der Waals surface area (Å²) in [5, 5.41) is 5.75. The predicted molar refractivity (Wildman–Crippen MR) is 103 cm³/mol. The van der Waals surface area contributed by atoms with E-state index in [1.807, 2.05) is 6.07 Å². The first kappa shape index (κ1) is 16.9. The summed E-state index contributed by atoms with van der Waals surface area (Å²) in [6.45, 7) is 1.63. The van der Waals surface area contributed by atoms with E-state index in [0.29, 0.717) is 11.6 Å². The molecule has 2 fully saturated rings. The fourth-order valence-corrected chi connectivity index (χ4v) is 3.78. The van der Waals surface area contributed by atoms with Crippen molar-refractivity contribution >= 4 is 29.3 Å². The molecule has 0 radical (unpaired) electrons. The number of fused-ring (bicyclic) bond motifs is 4. The molecule has 1 saturated heterocycles. The third-order valence-electron chi connectivity index (χ3n) is 5.31. The molecule has 2 aromatic rings. The van der Waals surface area contributed by atoms with Gasteiger partial charge in [-0.1, -0.05) is 6.07 Å². The van der Waals surface area contributed by atoms with Crippen molar-refractivity contribution in [3.63, 3.8) is 0 Å². The maximum absolute atomic E-state index is 13.1. The molecule has 3 amide bonds. The minimum Gasteiger partial charge on any atom is -0.365 e. The van der Waals surface area contributed by atoms with Crippen LogP contribution in [0, 0.1) is 0 Å². The second-order valence-corrected chi connectivity index (χ2v) is 7.41. The van der Waals surface area contributed by atoms with Gasteiger partial charge in [0.15, 0.2) is 5.82 Å². The van der Waals surface area contributed by atoms with Gasteiger partial charge >= 0.3 is 6.03 Å². The van der Waals surface area contributed by atoms with E-state index in [2.05, 4.69) is 30.5 Å². The predicted octanol–water partition coefficient (Wildman–Crippen LogP) is 1.78. The summed E-state index contributed by atoms with van der Waals surface area (Å²) in [6, 6.07) is 5.28. The lowest BCUT2D eigenvalue weighted by molar-refractivity contribution is 0.0940. The fraction of sp³-hybridized carbons (Fsp3) is 0.421. The van der Waals surface area contributed by atoms with E-state index in [4.69, 9.17) is 0 Å². The van der Waals surface area contributed by atoms with Crippen molar-refractivity contribution in [1.29, 1.82) is 0 Å². The Labute approximate surface area is 162 Å². The Balaban J connectivity index is 1.48. The number of nitrogens with one attached hydrogen (secondary N) is 2. The Bertz CT molecular complexity index is 916. The average molecular weight is 379 g/mol. The van der Waals surface area contributed by atoms with Gasteiger partial charge in [0.1, 0.15) is 5.82 Å². The molecule has 4 heterocycles. The van der Waals surface area contributed by atoms with Crippen LogP contribution < -0.4 is 20.4 Å². The van der Waals surface area contributed by atoms with Crippen molar-refractivity contribution in [3.05, 3.63) is 36.4 Å². The maximum atomic E-state index is 13.1. The van der Waals surface area contributed by atoms with Crippen molar-refractivity contribution in [2.45, 2.75) is 37.8 Å². The average Bonchev–Trinajstić information content (AvgIpc) is 3.52. The molecule has 9 nitrogen and oxygen atoms in total. The standard InChI is InChI=1S/C19H21N7O2/c27-18(22-12-6-7-12)16-21-10-14-17(24-16)26(13-4-3-9-25(14)11-13)19(28)23-15-5-1-2-8-20-15/h1-2,5,8,10,12-13H,3-4,6-7,9,11H2,(H,22,27)(H,20,23,28). The number of hydrogen-bond donors (Lipinski definition) is 2. The summed E-state index contributed by atoms with van der Waals surface area (Å²) >= 11 is 0. The van der Waals surface area contributed by atoms with Gasteiger partial charge in [-0.2, -0.15) is 0 Å². The number of hydrogen-bond acceptors (Lipinski definition) is 6. The smallest absolute Gasteiger partial charge is 0.329 e. The lowest BCUT2D eigenvalue weighted by Crippen LogP contribution is -2.56. The fourth-order valence-electron chi connectivity index (χ4n) is 3.78. The molecule has 0 spiro atoms. The molecule has 1 atom stereocenters. The first-order valence-corrected chi connectivity index (χ1v) is 9.63. The van der Waals surface area contributed by atoms with Crippen LogP contribution in [0.5, 0.6) is 0 Å². The molecule has 5 rings (SSSR count). The van der Waals surface area contributed by atoms with Gasteiger partial charge < -0.3 is 10.2 Å². The van der Waals surface area contributed by atoms with Crippen LogP contribution in [0.1, 0.15) is 36.3 Å². The summed E-state index contributed by atoms with van der Waals surface area (Å²) in [7, 11) is 0. The number of amides is 3. The summed E-state index contributed by atoms with van der Waals surface area (Å²) < 4.78 is 0. The minimum absolute atomic E-state index is 0.000736. The number of piperidine rings is 1. The van der Waals surface area contributed by atoms with Crippen molar-refractivity contribution in [2.75, 3.05) is 28.2 Å². The van der Waals surface area contributed by atoms with Crippen LogP contribution in [0.2, 0.25) is 0 Å². The summed E-state index contributed by atoms with van der Waals surface area (Å²) in [5.41, 5.74) is 0.787. The van der Waals surface area contributed by atoms with Crippen LogP contribution in [0.25, 0.3) is 0 Å². The van der Waals surface area contributed by atoms with Gasteiger partial charge in [-0.15, -0.1) is 0 Å². The number of carbonyl (C=O) groups is 2. The largest absolute Gasteiger partial charge is 0.365 e. The van der Waals surface area contributed by atoms with Gasteiger partial charge in [0.25, 0.3) is 5.91 Å². The van der Waals surface area contributed by atoms with Crippen molar-refractivity contribution in [1.82, 2.24) is 20.3 Å². The van der Waals surface area contributed by atoms with Gasteiger partial charge in [-0.05, 0) is 37.8 Å². The van der Waals surface area contributed by atoms with Crippen LogP contribution in [-0.4, -0.2) is 52.1 Å². The molecular weight excluding hydrogens is 358 g/mol. The zero-order valence-corrected chi connectivity index (χ0v) is 15.3. The number of aromatic nitrogens is 3. The maximum Gasteiger partial charge on any atom is 0.329 e. The van der Waals surface area contributed by atoms with Crippen LogP contribution in [0.4, 0.5) is 22.1 Å². The van der Waals surface area contributed by atoms with Gasteiger partial charge in [-0.3, -0.25) is 15.0 Å². The third-order valence-corrected chi connectivity index (χ3v) is 5.31. The normalized spacial score (nSPS) is 20.4. The van der Waals surface area contributed by atoms with Crippen LogP contribution in [0.3, 0.4) is 0 Å². The molecule has 144 valence electrons. The first-order chi connectivity index (χ1) is 13.7. The van der Waals surface area contributed by atoms with Crippen LogP contribution >= 0.6 is 0 Å². The highest BCUT2D eigenvalue weighted by Crippen LogP contribution is 2.37. The van der Waals surface area contributed by atoms with Crippen LogP contribution in [0.15, 0.2) is 30.6 Å². The van der Waals surface area contributed by atoms with Crippen molar-refractivity contribution in [3.8, 4) is 0 Å². The Hall–Kier alpha value is -3.23. The Morgan fingerprint density at radius 3 is 2.82 bits per heavy atom. The van der Waals surface area contributed by atoms with Gasteiger partial charge in [0.05, 0.1) is 17.9 Å². The monoisotopic (exact) mass is 379 g/mol. The summed E-state index contributed by atoms with van der Waals surface area (Å²) in [5.74, 6) is 0.775. The summed E-state index contributed by atoms with van der Waals surface area (Å²) in [6.07, 6.45) is 7.15. The molecule has 2 N–H and O–H groups in total. The van der Waals surface area contributed by atoms with E-state index in [1.54, 1.807) is 29.4 Å². The zero-order valence-electron chi connectivity index (χ0n) is 15.3. The molecule has 9 heteroatoms. The molecule has 0 aromatic carbocycles. The van der Waals surface area contributed by atoms with Gasteiger partial charge in [0.2, 0.25) is 5.82 Å². The number of anilines is 3. The van der Waals surface area contributed by atoms with Gasteiger partial charge in [-0.25, -0.2) is 19.7 Å². The number of urea groups is 1. The Morgan fingerprint density at radius 1 is 1.14 bits per heavy atom. The number of pyridine rings is 1. The molecule has 2 aliphatic heterocycles. The highest BCUT2D eigenvalue weighted by atomic mass is 16.2. The van der Waals surface area contributed by atoms with Crippen LogP contribution in [-0.2, 0) is 0 Å². The molecule has 1 aliphatic carbocycles. The molecule has 28 heavy (non-hydrogen) atoms. The molecule has 2 aromatic heterocycles. The Kier molecular flexibility index (Phi) is 4.07. The summed E-state index contributed by atoms with van der Waals surface area (Å²) in [4.78, 5) is 42.3. The van der Waals surface area contributed by atoms with E-state index in [9.17, 15) is 9.59 Å². The molecule has 1 unspecified atom stereocenters. The van der Waals surface area contributed by atoms with E-state index in [-0.39, 0.29) is 29.8 Å². The van der Waals surface area contributed by atoms with Crippen molar-refractivity contribution in [2.24, 2.45) is 0 Å². The second kappa shape index (κ2) is 6.74.